The predicted octanol–water partition coefficient (Wildman–Crippen LogP) is 4.50. The molecular formula is C19H16BrNO3. The molecule has 0 aliphatic carbocycles. The molecular weight excluding hydrogens is 370 g/mol. The molecule has 0 saturated carbocycles. The van der Waals surface area contributed by atoms with E-state index < -0.39 is 5.97 Å². The van der Waals surface area contributed by atoms with Crippen LogP contribution in [0.4, 0.5) is 0 Å². The summed E-state index contributed by atoms with van der Waals surface area (Å²) in [4.78, 5) is 16.4. The van der Waals surface area contributed by atoms with Gasteiger partial charge in [-0.3, -0.25) is 0 Å². The van der Waals surface area contributed by atoms with Crippen molar-refractivity contribution in [2.24, 2.45) is 4.99 Å². The number of benzene rings is 2. The Morgan fingerprint density at radius 1 is 1.21 bits per heavy atom. The van der Waals surface area contributed by atoms with E-state index in [0.717, 1.165) is 26.9 Å². The summed E-state index contributed by atoms with van der Waals surface area (Å²) in [5.74, 6) is 0.643. The second-order valence-corrected chi connectivity index (χ2v) is 6.18. The van der Waals surface area contributed by atoms with Crippen molar-refractivity contribution in [3.63, 3.8) is 0 Å². The third-order valence-corrected chi connectivity index (χ3v) is 4.10. The second-order valence-electron chi connectivity index (χ2n) is 5.32. The van der Waals surface area contributed by atoms with E-state index in [2.05, 4.69) is 20.9 Å². The molecule has 1 heterocycles. The quantitative estimate of drug-likeness (QED) is 0.574. The van der Waals surface area contributed by atoms with Gasteiger partial charge in [0.05, 0.1) is 11.1 Å². The Hall–Kier alpha value is -2.40. The number of hydrogen-bond acceptors (Lipinski definition) is 4. The number of hydrogen-bond donors (Lipinski definition) is 0. The summed E-state index contributed by atoms with van der Waals surface area (Å²) < 4.78 is 11.6. The first-order chi connectivity index (χ1) is 11.6. The lowest BCUT2D eigenvalue weighted by Crippen LogP contribution is -2.05. The van der Waals surface area contributed by atoms with E-state index in [1.54, 1.807) is 6.08 Å². The number of ether oxygens (including phenoxy) is 2. The lowest BCUT2D eigenvalue weighted by atomic mass is 10.1. The molecule has 0 N–H and O–H groups in total. The molecule has 1 aliphatic rings. The Labute approximate surface area is 148 Å². The molecule has 0 radical (unpaired) electrons. The van der Waals surface area contributed by atoms with Gasteiger partial charge in [0.1, 0.15) is 5.75 Å². The average Bonchev–Trinajstić information content (AvgIpc) is 2.92. The van der Waals surface area contributed by atoms with Crippen molar-refractivity contribution >= 4 is 33.9 Å². The number of rotatable bonds is 4. The van der Waals surface area contributed by atoms with Crippen LogP contribution in [-0.4, -0.2) is 18.5 Å². The van der Waals surface area contributed by atoms with Crippen molar-refractivity contribution in [1.82, 2.24) is 0 Å². The van der Waals surface area contributed by atoms with Gasteiger partial charge in [0.25, 0.3) is 0 Å². The molecule has 0 unspecified atom stereocenters. The second kappa shape index (κ2) is 7.01. The first-order valence-electron chi connectivity index (χ1n) is 7.59. The average molecular weight is 386 g/mol. The van der Waals surface area contributed by atoms with Crippen LogP contribution in [0.3, 0.4) is 0 Å². The van der Waals surface area contributed by atoms with Crippen LogP contribution in [0.2, 0.25) is 0 Å². The number of halogens is 1. The summed E-state index contributed by atoms with van der Waals surface area (Å²) in [6, 6.07) is 13.3. The van der Waals surface area contributed by atoms with Gasteiger partial charge in [0.2, 0.25) is 5.90 Å². The van der Waals surface area contributed by atoms with Crippen molar-refractivity contribution in [3.05, 3.63) is 69.3 Å². The molecule has 122 valence electrons. The lowest BCUT2D eigenvalue weighted by molar-refractivity contribution is -0.129. The molecule has 5 heteroatoms. The van der Waals surface area contributed by atoms with E-state index in [9.17, 15) is 4.79 Å². The molecule has 0 aromatic heterocycles. The maximum atomic E-state index is 12.0. The number of carbonyl (C=O) groups excluding carboxylic acids is 1. The highest BCUT2D eigenvalue weighted by molar-refractivity contribution is 9.10. The number of aryl methyl sites for hydroxylation is 1. The van der Waals surface area contributed by atoms with E-state index in [0.29, 0.717) is 12.5 Å². The minimum absolute atomic E-state index is 0.279. The van der Waals surface area contributed by atoms with Crippen molar-refractivity contribution in [3.8, 4) is 5.75 Å². The van der Waals surface area contributed by atoms with E-state index in [4.69, 9.17) is 9.47 Å². The van der Waals surface area contributed by atoms with Gasteiger partial charge in [-0.2, -0.15) is 0 Å². The third-order valence-electron chi connectivity index (χ3n) is 3.48. The molecule has 4 nitrogen and oxygen atoms in total. The third kappa shape index (κ3) is 3.57. The molecule has 0 atom stereocenters. The molecule has 3 rings (SSSR count). The van der Waals surface area contributed by atoms with Gasteiger partial charge in [-0.05, 0) is 65.7 Å². The fraction of sp³-hybridized carbons (Fsp3) is 0.158. The Bertz CT molecular complexity index is 838. The fourth-order valence-electron chi connectivity index (χ4n) is 2.27. The molecule has 0 spiro atoms. The van der Waals surface area contributed by atoms with Crippen LogP contribution >= 0.6 is 15.9 Å². The van der Waals surface area contributed by atoms with Gasteiger partial charge in [0.15, 0.2) is 5.70 Å². The molecule has 1 aliphatic heterocycles. The van der Waals surface area contributed by atoms with Crippen LogP contribution < -0.4 is 4.74 Å². The zero-order chi connectivity index (χ0) is 17.1. The molecule has 0 saturated heterocycles. The summed E-state index contributed by atoms with van der Waals surface area (Å²) in [6.07, 6.45) is 1.70. The summed E-state index contributed by atoms with van der Waals surface area (Å²) >= 11 is 3.46. The highest BCUT2D eigenvalue weighted by Gasteiger charge is 2.24. The summed E-state index contributed by atoms with van der Waals surface area (Å²) in [5, 5.41) is 0. The van der Waals surface area contributed by atoms with Crippen LogP contribution in [0.5, 0.6) is 5.75 Å². The maximum Gasteiger partial charge on any atom is 0.363 e. The van der Waals surface area contributed by atoms with Gasteiger partial charge < -0.3 is 9.47 Å². The van der Waals surface area contributed by atoms with Crippen LogP contribution in [-0.2, 0) is 9.53 Å². The summed E-state index contributed by atoms with van der Waals surface area (Å²) in [5.41, 5.74) is 3.04. The number of aliphatic imine (C=N–C) groups is 1. The molecule has 0 fully saturated rings. The predicted molar refractivity (Wildman–Crippen MR) is 97.1 cm³/mol. The van der Waals surface area contributed by atoms with Crippen molar-refractivity contribution in [1.29, 1.82) is 0 Å². The van der Waals surface area contributed by atoms with Crippen LogP contribution in [0.15, 0.2) is 57.6 Å². The van der Waals surface area contributed by atoms with Gasteiger partial charge >= 0.3 is 5.97 Å². The Morgan fingerprint density at radius 3 is 2.62 bits per heavy atom. The maximum absolute atomic E-state index is 12.0. The first-order valence-corrected chi connectivity index (χ1v) is 8.38. The van der Waals surface area contributed by atoms with Gasteiger partial charge in [0, 0.05) is 5.56 Å². The summed E-state index contributed by atoms with van der Waals surface area (Å²) in [7, 11) is 0. The van der Waals surface area contributed by atoms with E-state index in [-0.39, 0.29) is 5.70 Å². The first kappa shape index (κ1) is 16.5. The lowest BCUT2D eigenvalue weighted by Gasteiger charge is -2.06. The molecule has 2 aromatic carbocycles. The van der Waals surface area contributed by atoms with Crippen LogP contribution in [0, 0.1) is 6.92 Å². The zero-order valence-electron chi connectivity index (χ0n) is 13.4. The number of cyclic esters (lactones) is 1. The standard InChI is InChI=1S/C19H16BrNO3/c1-3-23-17-9-6-13(10-15(17)20)11-16-19(22)24-18(21-16)14-7-4-12(2)5-8-14/h4-11H,3H2,1-2H3/b16-11-. The van der Waals surface area contributed by atoms with E-state index in [1.165, 1.54) is 0 Å². The molecule has 0 bridgehead atoms. The van der Waals surface area contributed by atoms with Crippen molar-refractivity contribution < 1.29 is 14.3 Å². The van der Waals surface area contributed by atoms with Gasteiger partial charge in [-0.1, -0.05) is 23.8 Å². The number of carbonyl (C=O) groups is 1. The zero-order valence-corrected chi connectivity index (χ0v) is 15.0. The highest BCUT2D eigenvalue weighted by Crippen LogP contribution is 2.28. The Morgan fingerprint density at radius 2 is 1.96 bits per heavy atom. The Kier molecular flexibility index (Phi) is 4.81. The highest BCUT2D eigenvalue weighted by atomic mass is 79.9. The SMILES string of the molecule is CCOc1ccc(/C=C2\N=C(c3ccc(C)cc3)OC2=O)cc1Br. The Balaban J connectivity index is 1.88. The summed E-state index contributed by atoms with van der Waals surface area (Å²) in [6.45, 7) is 4.52. The van der Waals surface area contributed by atoms with E-state index in [1.807, 2.05) is 56.3 Å². The largest absolute Gasteiger partial charge is 0.493 e. The van der Waals surface area contributed by atoms with Crippen LogP contribution in [0.25, 0.3) is 6.08 Å². The monoisotopic (exact) mass is 385 g/mol. The fourth-order valence-corrected chi connectivity index (χ4v) is 2.78. The number of esters is 1. The molecule has 0 amide bonds. The number of nitrogens with zero attached hydrogens (tertiary/aromatic N) is 1. The normalized spacial score (nSPS) is 15.4. The molecule has 24 heavy (non-hydrogen) atoms. The van der Waals surface area contributed by atoms with Gasteiger partial charge in [-0.15, -0.1) is 0 Å². The van der Waals surface area contributed by atoms with Crippen molar-refractivity contribution in [2.75, 3.05) is 6.61 Å². The topological polar surface area (TPSA) is 47.9 Å². The minimum Gasteiger partial charge on any atom is -0.493 e. The molecule has 2 aromatic rings. The van der Waals surface area contributed by atoms with Gasteiger partial charge in [-0.25, -0.2) is 9.79 Å². The minimum atomic E-state index is -0.449. The van der Waals surface area contributed by atoms with Crippen molar-refractivity contribution in [2.45, 2.75) is 13.8 Å². The van der Waals surface area contributed by atoms with E-state index >= 15 is 0 Å². The smallest absolute Gasteiger partial charge is 0.363 e. The van der Waals surface area contributed by atoms with Crippen LogP contribution in [0.1, 0.15) is 23.6 Å².